The number of rotatable bonds is 10. The Balaban J connectivity index is 2.23. The lowest BCUT2D eigenvalue weighted by molar-refractivity contribution is -0.142. The molecule has 0 radical (unpaired) electrons. The van der Waals surface area contributed by atoms with Gasteiger partial charge in [0.1, 0.15) is 11.6 Å². The van der Waals surface area contributed by atoms with Gasteiger partial charge in [-0.05, 0) is 50.8 Å². The smallest absolute Gasteiger partial charge is 0.310 e. The predicted octanol–water partition coefficient (Wildman–Crippen LogP) is 2.78. The molecule has 0 amide bonds. The summed E-state index contributed by atoms with van der Waals surface area (Å²) in [4.78, 5) is 20.1. The van der Waals surface area contributed by atoms with Gasteiger partial charge in [-0.15, -0.1) is 0 Å². The van der Waals surface area contributed by atoms with Crippen molar-refractivity contribution in [2.45, 2.75) is 52.5 Å². The fourth-order valence-electron chi connectivity index (χ4n) is 3.07. The van der Waals surface area contributed by atoms with Gasteiger partial charge in [-0.25, -0.2) is 9.37 Å². The van der Waals surface area contributed by atoms with Gasteiger partial charge < -0.3 is 20.9 Å². The Morgan fingerprint density at radius 2 is 2.14 bits per heavy atom. The molecule has 2 rings (SSSR count). The number of benzene rings is 1. The fraction of sp³-hybridized carbons (Fsp3) is 0.476. The van der Waals surface area contributed by atoms with Crippen molar-refractivity contribution in [3.63, 3.8) is 0 Å². The van der Waals surface area contributed by atoms with Crippen molar-refractivity contribution in [1.82, 2.24) is 9.97 Å². The highest BCUT2D eigenvalue weighted by Crippen LogP contribution is 2.24. The highest BCUT2D eigenvalue weighted by molar-refractivity contribution is 5.72. The minimum absolute atomic E-state index is 0.0320. The molecular weight excluding hydrogens is 375 g/mol. The van der Waals surface area contributed by atoms with E-state index in [1.54, 1.807) is 19.1 Å². The Kier molecular flexibility index (Phi) is 8.33. The van der Waals surface area contributed by atoms with Gasteiger partial charge in [0, 0.05) is 30.3 Å². The number of esters is 1. The van der Waals surface area contributed by atoms with Crippen LogP contribution in [0.5, 0.6) is 0 Å². The number of ether oxygens (including phenoxy) is 1. The number of nitrogens with two attached hydrogens (primary N) is 1. The van der Waals surface area contributed by atoms with Crippen LogP contribution in [0.25, 0.3) is 0 Å². The second kappa shape index (κ2) is 10.7. The summed E-state index contributed by atoms with van der Waals surface area (Å²) in [5.41, 5.74) is 8.26. The second-order valence-electron chi connectivity index (χ2n) is 6.99. The van der Waals surface area contributed by atoms with Gasteiger partial charge in [-0.3, -0.25) is 4.79 Å². The van der Waals surface area contributed by atoms with Crippen molar-refractivity contribution in [2.24, 2.45) is 0 Å². The summed E-state index contributed by atoms with van der Waals surface area (Å²) in [5, 5.41) is 12.3. The molecule has 0 aliphatic rings. The summed E-state index contributed by atoms with van der Waals surface area (Å²) in [7, 11) is 0. The number of aliphatic hydroxyl groups is 1. The van der Waals surface area contributed by atoms with Crippen molar-refractivity contribution < 1.29 is 19.0 Å². The molecule has 0 aliphatic carbocycles. The third-order valence-electron chi connectivity index (χ3n) is 4.55. The molecule has 4 N–H and O–H groups in total. The van der Waals surface area contributed by atoms with Crippen LogP contribution in [0, 0.1) is 12.7 Å². The van der Waals surface area contributed by atoms with Crippen LogP contribution in [0.3, 0.4) is 0 Å². The quantitative estimate of drug-likeness (QED) is 0.522. The van der Waals surface area contributed by atoms with E-state index in [0.29, 0.717) is 35.7 Å². The van der Waals surface area contributed by atoms with E-state index in [1.165, 1.54) is 6.07 Å². The number of nitrogens with zero attached hydrogens (tertiary/aromatic N) is 2. The first kappa shape index (κ1) is 22.5. The van der Waals surface area contributed by atoms with Gasteiger partial charge in [-0.2, -0.15) is 4.98 Å². The number of aromatic nitrogens is 2. The van der Waals surface area contributed by atoms with E-state index in [1.807, 2.05) is 13.8 Å². The van der Waals surface area contributed by atoms with Crippen LogP contribution >= 0.6 is 0 Å². The van der Waals surface area contributed by atoms with E-state index in [-0.39, 0.29) is 37.4 Å². The molecule has 0 saturated carbocycles. The zero-order valence-corrected chi connectivity index (χ0v) is 17.2. The van der Waals surface area contributed by atoms with E-state index in [2.05, 4.69) is 15.3 Å². The molecule has 0 fully saturated rings. The van der Waals surface area contributed by atoms with Crippen molar-refractivity contribution in [3.05, 3.63) is 46.4 Å². The summed E-state index contributed by atoms with van der Waals surface area (Å²) in [6.07, 6.45) is 1.74. The molecule has 1 aromatic carbocycles. The Morgan fingerprint density at radius 3 is 2.79 bits per heavy atom. The average molecular weight is 404 g/mol. The van der Waals surface area contributed by atoms with E-state index in [9.17, 15) is 9.18 Å². The summed E-state index contributed by atoms with van der Waals surface area (Å²) in [6.45, 7) is 5.94. The van der Waals surface area contributed by atoms with E-state index in [0.717, 1.165) is 12.0 Å². The number of nitrogens with one attached hydrogen (secondary N) is 1. The highest BCUT2D eigenvalue weighted by Gasteiger charge is 2.16. The summed E-state index contributed by atoms with van der Waals surface area (Å²) < 4.78 is 19.6. The standard InChI is InChI=1S/C21H29FN4O3/c1-4-29-19(28)11-15-7-8-16(18(22)10-15)12-17-14(3)25-21(23)26-20(17)24-13(2)6-5-9-27/h7-8,10,13,27H,4-6,9,11-12H2,1-3H3,(H3,23,24,25,26). The van der Waals surface area contributed by atoms with Crippen molar-refractivity contribution in [1.29, 1.82) is 0 Å². The maximum atomic E-state index is 14.7. The molecule has 158 valence electrons. The number of carbonyl (C=O) groups excluding carboxylic acids is 1. The first-order chi connectivity index (χ1) is 13.8. The molecule has 0 aliphatic heterocycles. The SMILES string of the molecule is CCOC(=O)Cc1ccc(Cc2c(C)nc(N)nc2NC(C)CCCO)c(F)c1. The lowest BCUT2D eigenvalue weighted by Gasteiger charge is -2.19. The molecule has 0 spiro atoms. The van der Waals surface area contributed by atoms with Crippen LogP contribution < -0.4 is 11.1 Å². The second-order valence-corrected chi connectivity index (χ2v) is 6.99. The number of anilines is 2. The van der Waals surface area contributed by atoms with E-state index >= 15 is 0 Å². The Labute approximate surface area is 170 Å². The molecular formula is C21H29FN4O3. The Bertz CT molecular complexity index is 845. The van der Waals surface area contributed by atoms with Crippen molar-refractivity contribution >= 4 is 17.7 Å². The largest absolute Gasteiger partial charge is 0.466 e. The molecule has 1 heterocycles. The minimum Gasteiger partial charge on any atom is -0.466 e. The summed E-state index contributed by atoms with van der Waals surface area (Å²) >= 11 is 0. The van der Waals surface area contributed by atoms with Gasteiger partial charge in [0.05, 0.1) is 13.0 Å². The number of hydrogen-bond acceptors (Lipinski definition) is 7. The van der Waals surface area contributed by atoms with Gasteiger partial charge in [-0.1, -0.05) is 12.1 Å². The molecule has 8 heteroatoms. The van der Waals surface area contributed by atoms with Crippen LogP contribution in [0.1, 0.15) is 49.1 Å². The number of halogens is 1. The van der Waals surface area contributed by atoms with Crippen LogP contribution in [-0.4, -0.2) is 40.3 Å². The fourth-order valence-corrected chi connectivity index (χ4v) is 3.07. The van der Waals surface area contributed by atoms with E-state index < -0.39 is 5.82 Å². The molecule has 0 bridgehead atoms. The van der Waals surface area contributed by atoms with Crippen LogP contribution in [0.15, 0.2) is 18.2 Å². The first-order valence-electron chi connectivity index (χ1n) is 9.77. The number of hydrogen-bond donors (Lipinski definition) is 3. The predicted molar refractivity (Wildman–Crippen MR) is 110 cm³/mol. The van der Waals surface area contributed by atoms with Crippen molar-refractivity contribution in [3.8, 4) is 0 Å². The maximum Gasteiger partial charge on any atom is 0.310 e. The molecule has 29 heavy (non-hydrogen) atoms. The first-order valence-corrected chi connectivity index (χ1v) is 9.77. The van der Waals surface area contributed by atoms with E-state index in [4.69, 9.17) is 15.6 Å². The molecule has 1 unspecified atom stereocenters. The van der Waals surface area contributed by atoms with Crippen LogP contribution in [-0.2, 0) is 22.4 Å². The molecule has 1 aromatic heterocycles. The topological polar surface area (TPSA) is 110 Å². The normalized spacial score (nSPS) is 11.9. The third kappa shape index (κ3) is 6.67. The number of aryl methyl sites for hydroxylation is 1. The van der Waals surface area contributed by atoms with Gasteiger partial charge in [0.2, 0.25) is 5.95 Å². The zero-order chi connectivity index (χ0) is 21.4. The van der Waals surface area contributed by atoms with Gasteiger partial charge in [0.25, 0.3) is 0 Å². The Morgan fingerprint density at radius 1 is 1.38 bits per heavy atom. The molecule has 2 aromatic rings. The number of nitrogen functional groups attached to an aromatic ring is 1. The molecule has 0 saturated heterocycles. The average Bonchev–Trinajstić information content (AvgIpc) is 2.64. The number of carbonyl (C=O) groups is 1. The van der Waals surface area contributed by atoms with Crippen molar-refractivity contribution in [2.75, 3.05) is 24.3 Å². The number of aliphatic hydroxyl groups excluding tert-OH is 1. The van der Waals surface area contributed by atoms with Crippen LogP contribution in [0.4, 0.5) is 16.2 Å². The molecule has 7 nitrogen and oxygen atoms in total. The summed E-state index contributed by atoms with van der Waals surface area (Å²) in [5.74, 6) is -0.0723. The van der Waals surface area contributed by atoms with Gasteiger partial charge in [0.15, 0.2) is 0 Å². The zero-order valence-electron chi connectivity index (χ0n) is 17.2. The summed E-state index contributed by atoms with van der Waals surface area (Å²) in [6, 6.07) is 4.81. The maximum absolute atomic E-state index is 14.7. The van der Waals surface area contributed by atoms with Gasteiger partial charge >= 0.3 is 5.97 Å². The third-order valence-corrected chi connectivity index (χ3v) is 4.55. The lowest BCUT2D eigenvalue weighted by Crippen LogP contribution is -2.19. The molecule has 1 atom stereocenters. The Hall–Kier alpha value is -2.74. The monoisotopic (exact) mass is 404 g/mol. The minimum atomic E-state index is -0.401. The lowest BCUT2D eigenvalue weighted by atomic mass is 10.0. The highest BCUT2D eigenvalue weighted by atomic mass is 19.1. The van der Waals surface area contributed by atoms with Crippen LogP contribution in [0.2, 0.25) is 0 Å².